The van der Waals surface area contributed by atoms with Crippen LogP contribution in [-0.4, -0.2) is 35.2 Å². The average molecular weight is 201 g/mol. The van der Waals surface area contributed by atoms with Crippen LogP contribution in [0.25, 0.3) is 0 Å². The maximum Gasteiger partial charge on any atom is 0.325 e. The summed E-state index contributed by atoms with van der Waals surface area (Å²) in [5.74, 6) is -1.38. The maximum atomic E-state index is 11.6. The molecule has 1 fully saturated rings. The molecule has 1 saturated heterocycles. The molecule has 1 rings (SSSR count). The summed E-state index contributed by atoms with van der Waals surface area (Å²) in [5, 5.41) is 11.0. The maximum absolute atomic E-state index is 11.6. The van der Waals surface area contributed by atoms with Crippen molar-refractivity contribution >= 4 is 11.9 Å². The minimum absolute atomic E-state index is 0.343. The first-order valence-electron chi connectivity index (χ1n) is 4.63. The Morgan fingerprint density at radius 1 is 1.57 bits per heavy atom. The molecule has 2 atom stereocenters. The number of hydrogen-bond donors (Lipinski definition) is 2. The van der Waals surface area contributed by atoms with Gasteiger partial charge in [0.15, 0.2) is 0 Å². The lowest BCUT2D eigenvalue weighted by Gasteiger charge is -2.23. The molecule has 0 saturated carbocycles. The van der Waals surface area contributed by atoms with Crippen LogP contribution in [0, 0.1) is 0 Å². The van der Waals surface area contributed by atoms with Gasteiger partial charge in [0.2, 0.25) is 0 Å². The standard InChI is InChI=1S/C9H15NO4/c1-6(7(11)12)10-8(13)9(2)4-3-5-14-9/h6H,3-5H2,1-2H3,(H,10,13)(H,11,12)/t6-,9?/m0/s1. The molecule has 0 bridgehead atoms. The van der Waals surface area contributed by atoms with Gasteiger partial charge in [-0.2, -0.15) is 0 Å². The monoisotopic (exact) mass is 201 g/mol. The number of rotatable bonds is 3. The molecule has 0 radical (unpaired) electrons. The first-order valence-corrected chi connectivity index (χ1v) is 4.63. The lowest BCUT2D eigenvalue weighted by atomic mass is 10.0. The summed E-state index contributed by atoms with van der Waals surface area (Å²) in [6.07, 6.45) is 1.48. The topological polar surface area (TPSA) is 75.6 Å². The quantitative estimate of drug-likeness (QED) is 0.681. The van der Waals surface area contributed by atoms with E-state index in [0.717, 1.165) is 6.42 Å². The van der Waals surface area contributed by atoms with Crippen LogP contribution in [0.5, 0.6) is 0 Å². The van der Waals surface area contributed by atoms with Gasteiger partial charge in [-0.1, -0.05) is 0 Å². The van der Waals surface area contributed by atoms with Gasteiger partial charge in [0, 0.05) is 6.61 Å². The fraction of sp³-hybridized carbons (Fsp3) is 0.778. The Kier molecular flexibility index (Phi) is 3.10. The number of carbonyl (C=O) groups excluding carboxylic acids is 1. The fourth-order valence-electron chi connectivity index (χ4n) is 1.37. The molecule has 0 aromatic rings. The second-order valence-corrected chi connectivity index (χ2v) is 3.72. The Hall–Kier alpha value is -1.10. The third kappa shape index (κ3) is 2.23. The number of amides is 1. The molecular formula is C9H15NO4. The van der Waals surface area contributed by atoms with Crippen molar-refractivity contribution in [3.8, 4) is 0 Å². The zero-order valence-corrected chi connectivity index (χ0v) is 8.37. The van der Waals surface area contributed by atoms with Crippen LogP contribution >= 0.6 is 0 Å². The summed E-state index contributed by atoms with van der Waals surface area (Å²) in [4.78, 5) is 22.1. The number of ether oxygens (including phenoxy) is 1. The molecular weight excluding hydrogens is 186 g/mol. The molecule has 0 aromatic heterocycles. The number of carbonyl (C=O) groups is 2. The number of carboxylic acid groups (broad SMARTS) is 1. The smallest absolute Gasteiger partial charge is 0.325 e. The van der Waals surface area contributed by atoms with E-state index < -0.39 is 17.6 Å². The van der Waals surface area contributed by atoms with Crippen LogP contribution in [0.1, 0.15) is 26.7 Å². The summed E-state index contributed by atoms with van der Waals surface area (Å²) in [6.45, 7) is 3.67. The van der Waals surface area contributed by atoms with Gasteiger partial charge in [0.05, 0.1) is 0 Å². The molecule has 0 aromatic carbocycles. The third-order valence-electron chi connectivity index (χ3n) is 2.42. The van der Waals surface area contributed by atoms with E-state index in [1.54, 1.807) is 6.92 Å². The molecule has 2 N–H and O–H groups in total. The molecule has 5 nitrogen and oxygen atoms in total. The van der Waals surface area contributed by atoms with Crippen LogP contribution in [0.2, 0.25) is 0 Å². The number of nitrogens with one attached hydrogen (secondary N) is 1. The van der Waals surface area contributed by atoms with Crippen molar-refractivity contribution in [3.05, 3.63) is 0 Å². The second kappa shape index (κ2) is 3.96. The molecule has 1 unspecified atom stereocenters. The first-order chi connectivity index (χ1) is 6.46. The normalized spacial score (nSPS) is 28.4. The van der Waals surface area contributed by atoms with Gasteiger partial charge < -0.3 is 15.2 Å². The zero-order chi connectivity index (χ0) is 10.8. The van der Waals surface area contributed by atoms with Gasteiger partial charge >= 0.3 is 5.97 Å². The molecule has 0 spiro atoms. The summed E-state index contributed by atoms with van der Waals surface area (Å²) >= 11 is 0. The highest BCUT2D eigenvalue weighted by Crippen LogP contribution is 2.25. The molecule has 80 valence electrons. The van der Waals surface area contributed by atoms with E-state index in [1.165, 1.54) is 6.92 Å². The average Bonchev–Trinajstić information content (AvgIpc) is 2.53. The highest BCUT2D eigenvalue weighted by molar-refractivity contribution is 5.89. The SMILES string of the molecule is C[C@H](NC(=O)C1(C)CCCO1)C(=O)O. The summed E-state index contributed by atoms with van der Waals surface area (Å²) in [5.41, 5.74) is -0.844. The van der Waals surface area contributed by atoms with E-state index in [4.69, 9.17) is 9.84 Å². The van der Waals surface area contributed by atoms with E-state index in [9.17, 15) is 9.59 Å². The van der Waals surface area contributed by atoms with Gasteiger partial charge in [-0.25, -0.2) is 0 Å². The summed E-state index contributed by atoms with van der Waals surface area (Å²) in [6, 6.07) is -0.872. The molecule has 1 amide bonds. The van der Waals surface area contributed by atoms with E-state index in [0.29, 0.717) is 13.0 Å². The number of aliphatic carboxylic acids is 1. The second-order valence-electron chi connectivity index (χ2n) is 3.72. The first kappa shape index (κ1) is 11.0. The lowest BCUT2D eigenvalue weighted by molar-refractivity contribution is -0.146. The molecule has 5 heteroatoms. The van der Waals surface area contributed by atoms with Crippen molar-refractivity contribution in [3.63, 3.8) is 0 Å². The lowest BCUT2D eigenvalue weighted by Crippen LogP contribution is -2.49. The minimum atomic E-state index is -1.04. The highest BCUT2D eigenvalue weighted by Gasteiger charge is 2.38. The molecule has 1 heterocycles. The zero-order valence-electron chi connectivity index (χ0n) is 8.37. The van der Waals surface area contributed by atoms with Crippen LogP contribution in [0.15, 0.2) is 0 Å². The van der Waals surface area contributed by atoms with Gasteiger partial charge in [0.1, 0.15) is 11.6 Å². The van der Waals surface area contributed by atoms with Gasteiger partial charge in [0.25, 0.3) is 5.91 Å². The van der Waals surface area contributed by atoms with E-state index in [1.807, 2.05) is 0 Å². The summed E-state index contributed by atoms with van der Waals surface area (Å²) in [7, 11) is 0. The van der Waals surface area contributed by atoms with Crippen LogP contribution in [0.4, 0.5) is 0 Å². The van der Waals surface area contributed by atoms with E-state index in [2.05, 4.69) is 5.32 Å². The Morgan fingerprint density at radius 3 is 2.64 bits per heavy atom. The Bertz CT molecular complexity index is 245. The molecule has 0 aliphatic carbocycles. The van der Waals surface area contributed by atoms with Crippen molar-refractivity contribution in [2.24, 2.45) is 0 Å². The third-order valence-corrected chi connectivity index (χ3v) is 2.42. The van der Waals surface area contributed by atoms with Crippen molar-refractivity contribution in [1.29, 1.82) is 0 Å². The van der Waals surface area contributed by atoms with Crippen molar-refractivity contribution in [2.45, 2.75) is 38.3 Å². The highest BCUT2D eigenvalue weighted by atomic mass is 16.5. The van der Waals surface area contributed by atoms with Gasteiger partial charge in [-0.3, -0.25) is 9.59 Å². The van der Waals surface area contributed by atoms with Crippen LogP contribution < -0.4 is 5.32 Å². The largest absolute Gasteiger partial charge is 0.480 e. The summed E-state index contributed by atoms with van der Waals surface area (Å²) < 4.78 is 5.28. The van der Waals surface area contributed by atoms with Gasteiger partial charge in [-0.05, 0) is 26.7 Å². The Balaban J connectivity index is 2.53. The van der Waals surface area contributed by atoms with Crippen LogP contribution in [-0.2, 0) is 14.3 Å². The van der Waals surface area contributed by atoms with Crippen molar-refractivity contribution in [1.82, 2.24) is 5.32 Å². The predicted molar refractivity (Wildman–Crippen MR) is 48.8 cm³/mol. The van der Waals surface area contributed by atoms with E-state index in [-0.39, 0.29) is 5.91 Å². The van der Waals surface area contributed by atoms with Crippen molar-refractivity contribution in [2.75, 3.05) is 6.61 Å². The van der Waals surface area contributed by atoms with Crippen molar-refractivity contribution < 1.29 is 19.4 Å². The van der Waals surface area contributed by atoms with E-state index >= 15 is 0 Å². The number of hydrogen-bond acceptors (Lipinski definition) is 3. The molecule has 1 aliphatic rings. The number of carboxylic acids is 1. The Labute approximate surface area is 82.4 Å². The van der Waals surface area contributed by atoms with Gasteiger partial charge in [-0.15, -0.1) is 0 Å². The Morgan fingerprint density at radius 2 is 2.21 bits per heavy atom. The predicted octanol–water partition coefficient (Wildman–Crippen LogP) is 0.145. The molecule has 14 heavy (non-hydrogen) atoms. The van der Waals surface area contributed by atoms with Crippen LogP contribution in [0.3, 0.4) is 0 Å². The molecule has 1 aliphatic heterocycles. The fourth-order valence-corrected chi connectivity index (χ4v) is 1.37. The minimum Gasteiger partial charge on any atom is -0.480 e.